The first-order chi connectivity index (χ1) is 11.6. The van der Waals surface area contributed by atoms with Crippen LogP contribution < -0.4 is 5.56 Å². The van der Waals surface area contributed by atoms with Crippen LogP contribution in [-0.4, -0.2) is 33.2 Å². The van der Waals surface area contributed by atoms with E-state index < -0.39 is 0 Å². The summed E-state index contributed by atoms with van der Waals surface area (Å²) in [6, 6.07) is 13.5. The minimum Gasteiger partial charge on any atom is -0.334 e. The molecule has 1 amide bonds. The average molecular weight is 325 g/mol. The zero-order chi connectivity index (χ0) is 17.1. The van der Waals surface area contributed by atoms with E-state index in [0.29, 0.717) is 11.6 Å². The Hall–Kier alpha value is -2.43. The van der Waals surface area contributed by atoms with E-state index in [0.717, 1.165) is 25.8 Å². The van der Waals surface area contributed by atoms with Gasteiger partial charge in [-0.05, 0) is 30.9 Å². The Kier molecular flexibility index (Phi) is 4.79. The number of benzene rings is 1. The predicted molar refractivity (Wildman–Crippen MR) is 93.0 cm³/mol. The van der Waals surface area contributed by atoms with Crippen molar-refractivity contribution >= 4 is 5.91 Å². The Morgan fingerprint density at radius 1 is 1.25 bits per heavy atom. The second kappa shape index (κ2) is 6.99. The number of aromatic nitrogens is 2. The van der Waals surface area contributed by atoms with Crippen LogP contribution in [0.25, 0.3) is 0 Å². The molecule has 1 saturated heterocycles. The summed E-state index contributed by atoms with van der Waals surface area (Å²) in [4.78, 5) is 26.4. The topological polar surface area (TPSA) is 55.2 Å². The molecule has 24 heavy (non-hydrogen) atoms. The molecule has 3 rings (SSSR count). The fourth-order valence-electron chi connectivity index (χ4n) is 3.66. The summed E-state index contributed by atoms with van der Waals surface area (Å²) in [5.74, 6) is 0.243. The molecule has 2 atom stereocenters. The second-order valence-electron chi connectivity index (χ2n) is 6.31. The largest absolute Gasteiger partial charge is 0.334 e. The Morgan fingerprint density at radius 2 is 2.00 bits per heavy atom. The summed E-state index contributed by atoms with van der Waals surface area (Å²) in [5.41, 5.74) is 1.41. The first kappa shape index (κ1) is 16.4. The van der Waals surface area contributed by atoms with Gasteiger partial charge in [0.1, 0.15) is 5.69 Å². The minimum atomic E-state index is -0.208. The zero-order valence-corrected chi connectivity index (χ0v) is 14.2. The van der Waals surface area contributed by atoms with E-state index in [2.05, 4.69) is 24.2 Å². The molecular weight excluding hydrogens is 302 g/mol. The predicted octanol–water partition coefficient (Wildman–Crippen LogP) is 2.58. The third kappa shape index (κ3) is 3.11. The average Bonchev–Trinajstić information content (AvgIpc) is 3.08. The Morgan fingerprint density at radius 3 is 2.67 bits per heavy atom. The van der Waals surface area contributed by atoms with Gasteiger partial charge in [0, 0.05) is 31.6 Å². The number of amides is 1. The molecule has 1 aliphatic heterocycles. The maximum atomic E-state index is 12.9. The fraction of sp³-hybridized carbons (Fsp3) is 0.421. The third-order valence-electron chi connectivity index (χ3n) is 4.87. The fourth-order valence-corrected chi connectivity index (χ4v) is 3.66. The minimum absolute atomic E-state index is 0.0810. The lowest BCUT2D eigenvalue weighted by Crippen LogP contribution is -2.40. The summed E-state index contributed by atoms with van der Waals surface area (Å²) in [5, 5.41) is 4.12. The van der Waals surface area contributed by atoms with Crippen molar-refractivity contribution in [2.45, 2.75) is 38.1 Å². The molecule has 1 aliphatic rings. The number of carbonyl (C=O) groups is 1. The van der Waals surface area contributed by atoms with Crippen molar-refractivity contribution in [3.63, 3.8) is 0 Å². The summed E-state index contributed by atoms with van der Waals surface area (Å²) in [6.07, 6.45) is 3.00. The lowest BCUT2D eigenvalue weighted by Gasteiger charge is -2.31. The van der Waals surface area contributed by atoms with Gasteiger partial charge in [-0.2, -0.15) is 5.10 Å². The van der Waals surface area contributed by atoms with E-state index in [1.165, 1.54) is 22.4 Å². The maximum absolute atomic E-state index is 12.9. The number of nitrogens with zero attached hydrogens (tertiary/aromatic N) is 3. The number of carbonyl (C=O) groups excluding carboxylic acids is 1. The molecule has 1 aromatic heterocycles. The number of likely N-dealkylation sites (tertiary alicyclic amines) is 1. The van der Waals surface area contributed by atoms with Crippen molar-refractivity contribution in [2.75, 3.05) is 6.54 Å². The van der Waals surface area contributed by atoms with Crippen LogP contribution in [-0.2, 0) is 7.05 Å². The van der Waals surface area contributed by atoms with Gasteiger partial charge >= 0.3 is 0 Å². The first-order valence-electron chi connectivity index (χ1n) is 8.52. The van der Waals surface area contributed by atoms with E-state index in [9.17, 15) is 9.59 Å². The summed E-state index contributed by atoms with van der Waals surface area (Å²) in [7, 11) is 1.57. The van der Waals surface area contributed by atoms with Crippen LogP contribution in [0, 0.1) is 0 Å². The van der Waals surface area contributed by atoms with Crippen LogP contribution in [0.3, 0.4) is 0 Å². The van der Waals surface area contributed by atoms with Crippen LogP contribution in [0.4, 0.5) is 0 Å². The number of aryl methyl sites for hydroxylation is 1. The molecular formula is C19H23N3O2. The molecule has 2 heterocycles. The highest BCUT2D eigenvalue weighted by molar-refractivity contribution is 5.92. The van der Waals surface area contributed by atoms with Crippen LogP contribution in [0.1, 0.15) is 48.2 Å². The molecule has 5 nitrogen and oxygen atoms in total. The highest BCUT2D eigenvalue weighted by Gasteiger charge is 2.35. The van der Waals surface area contributed by atoms with Crippen LogP contribution in [0.2, 0.25) is 0 Å². The third-order valence-corrected chi connectivity index (χ3v) is 4.87. The molecule has 1 fully saturated rings. The molecule has 0 N–H and O–H groups in total. The summed E-state index contributed by atoms with van der Waals surface area (Å²) < 4.78 is 1.22. The zero-order valence-electron chi connectivity index (χ0n) is 14.2. The van der Waals surface area contributed by atoms with E-state index >= 15 is 0 Å². The molecule has 0 saturated carbocycles. The van der Waals surface area contributed by atoms with Gasteiger partial charge in [0.25, 0.3) is 11.5 Å². The van der Waals surface area contributed by atoms with Gasteiger partial charge in [-0.15, -0.1) is 0 Å². The van der Waals surface area contributed by atoms with Gasteiger partial charge in [-0.25, -0.2) is 4.68 Å². The summed E-state index contributed by atoms with van der Waals surface area (Å²) >= 11 is 0. The Balaban J connectivity index is 1.88. The number of hydrogen-bond acceptors (Lipinski definition) is 3. The van der Waals surface area contributed by atoms with Crippen LogP contribution >= 0.6 is 0 Å². The second-order valence-corrected chi connectivity index (χ2v) is 6.31. The standard InChI is InChI=1S/C19H23N3O2/c1-3-15(14-8-5-4-6-9-14)17-10-7-13-22(17)19(24)16-11-12-18(23)21(2)20-16/h4-6,8-9,11-12,15,17H,3,7,10,13H2,1-2H3/t15-,17+/m1/s1. The number of rotatable bonds is 4. The van der Waals surface area contributed by atoms with Crippen molar-refractivity contribution < 1.29 is 4.79 Å². The van der Waals surface area contributed by atoms with Gasteiger partial charge in [0.05, 0.1) is 0 Å². The van der Waals surface area contributed by atoms with Gasteiger partial charge in [0.2, 0.25) is 0 Å². The summed E-state index contributed by atoms with van der Waals surface area (Å²) in [6.45, 7) is 2.92. The van der Waals surface area contributed by atoms with E-state index in [4.69, 9.17) is 0 Å². The van der Waals surface area contributed by atoms with E-state index in [-0.39, 0.29) is 17.5 Å². The lowest BCUT2D eigenvalue weighted by atomic mass is 9.87. The van der Waals surface area contributed by atoms with E-state index in [1.807, 2.05) is 23.1 Å². The molecule has 0 bridgehead atoms. The molecule has 0 spiro atoms. The van der Waals surface area contributed by atoms with Crippen molar-refractivity contribution in [3.05, 3.63) is 64.1 Å². The van der Waals surface area contributed by atoms with Crippen molar-refractivity contribution in [1.82, 2.24) is 14.7 Å². The molecule has 2 aromatic rings. The normalized spacial score (nSPS) is 18.6. The van der Waals surface area contributed by atoms with Gasteiger partial charge in [0.15, 0.2) is 0 Å². The van der Waals surface area contributed by atoms with Gasteiger partial charge in [-0.1, -0.05) is 37.3 Å². The van der Waals surface area contributed by atoms with Crippen molar-refractivity contribution in [1.29, 1.82) is 0 Å². The van der Waals surface area contributed by atoms with Crippen molar-refractivity contribution in [3.8, 4) is 0 Å². The highest BCUT2D eigenvalue weighted by Crippen LogP contribution is 2.34. The molecule has 0 aliphatic carbocycles. The Labute approximate surface area is 141 Å². The molecule has 1 aromatic carbocycles. The van der Waals surface area contributed by atoms with Crippen LogP contribution in [0.15, 0.2) is 47.3 Å². The highest BCUT2D eigenvalue weighted by atomic mass is 16.2. The first-order valence-corrected chi connectivity index (χ1v) is 8.52. The SMILES string of the molecule is CC[C@H](c1ccccc1)[C@@H]1CCCN1C(=O)c1ccc(=O)n(C)n1. The monoisotopic (exact) mass is 325 g/mol. The Bertz CT molecular complexity index is 770. The van der Waals surface area contributed by atoms with Crippen LogP contribution in [0.5, 0.6) is 0 Å². The lowest BCUT2D eigenvalue weighted by molar-refractivity contribution is 0.0706. The molecule has 126 valence electrons. The van der Waals surface area contributed by atoms with Gasteiger partial charge < -0.3 is 4.90 Å². The molecule has 0 unspecified atom stereocenters. The van der Waals surface area contributed by atoms with Crippen molar-refractivity contribution in [2.24, 2.45) is 7.05 Å². The van der Waals surface area contributed by atoms with Gasteiger partial charge in [-0.3, -0.25) is 9.59 Å². The number of hydrogen-bond donors (Lipinski definition) is 0. The molecule has 0 radical (unpaired) electrons. The smallest absolute Gasteiger partial charge is 0.274 e. The molecule has 5 heteroatoms. The quantitative estimate of drug-likeness (QED) is 0.868. The maximum Gasteiger partial charge on any atom is 0.274 e. The van der Waals surface area contributed by atoms with E-state index in [1.54, 1.807) is 7.05 Å².